The van der Waals surface area contributed by atoms with Crippen molar-refractivity contribution in [1.82, 2.24) is 0 Å². The van der Waals surface area contributed by atoms with E-state index in [0.29, 0.717) is 0 Å². The Morgan fingerprint density at radius 1 is 1.09 bits per heavy atom. The SMILES string of the molecule is CCCCCC(C(=O)O)c1ccc2c(c1)C(C)(C)CCC2(C)C. The van der Waals surface area contributed by atoms with Crippen molar-refractivity contribution in [3.05, 3.63) is 34.9 Å². The van der Waals surface area contributed by atoms with Gasteiger partial charge in [0.15, 0.2) is 0 Å². The van der Waals surface area contributed by atoms with Crippen molar-refractivity contribution in [3.8, 4) is 0 Å². The molecule has 0 bridgehead atoms. The summed E-state index contributed by atoms with van der Waals surface area (Å²) >= 11 is 0. The number of benzene rings is 1. The standard InChI is InChI=1S/C21H32O2/c1-6-7-8-9-16(19(22)23)15-10-11-17-18(14-15)21(4,5)13-12-20(17,2)3/h10-11,14,16H,6-9,12-13H2,1-5H3,(H,22,23). The molecule has 0 aromatic heterocycles. The van der Waals surface area contributed by atoms with Gasteiger partial charge in [-0.05, 0) is 46.8 Å². The van der Waals surface area contributed by atoms with E-state index < -0.39 is 5.97 Å². The summed E-state index contributed by atoms with van der Waals surface area (Å²) in [6, 6.07) is 6.45. The highest BCUT2D eigenvalue weighted by Crippen LogP contribution is 2.46. The molecule has 0 spiro atoms. The molecule has 2 heteroatoms. The molecule has 1 aliphatic rings. The van der Waals surface area contributed by atoms with Crippen LogP contribution in [0.2, 0.25) is 0 Å². The largest absolute Gasteiger partial charge is 0.481 e. The van der Waals surface area contributed by atoms with Gasteiger partial charge in [-0.2, -0.15) is 0 Å². The Morgan fingerprint density at radius 2 is 1.70 bits per heavy atom. The maximum Gasteiger partial charge on any atom is 0.310 e. The van der Waals surface area contributed by atoms with Gasteiger partial charge in [-0.1, -0.05) is 72.1 Å². The Labute approximate surface area is 141 Å². The minimum absolute atomic E-state index is 0.132. The van der Waals surface area contributed by atoms with Gasteiger partial charge in [0.25, 0.3) is 0 Å². The number of hydrogen-bond donors (Lipinski definition) is 1. The first kappa shape index (κ1) is 18.0. The van der Waals surface area contributed by atoms with Gasteiger partial charge in [0.1, 0.15) is 0 Å². The third-order valence-corrected chi connectivity index (χ3v) is 5.67. The van der Waals surface area contributed by atoms with Gasteiger partial charge in [0.05, 0.1) is 5.92 Å². The molecule has 1 aromatic rings. The zero-order valence-corrected chi connectivity index (χ0v) is 15.4. The smallest absolute Gasteiger partial charge is 0.310 e. The van der Waals surface area contributed by atoms with Crippen LogP contribution in [0.15, 0.2) is 18.2 Å². The molecule has 0 amide bonds. The van der Waals surface area contributed by atoms with Crippen molar-refractivity contribution >= 4 is 5.97 Å². The van der Waals surface area contributed by atoms with Crippen LogP contribution in [-0.4, -0.2) is 11.1 Å². The maximum atomic E-state index is 11.8. The lowest BCUT2D eigenvalue weighted by atomic mass is 9.62. The minimum Gasteiger partial charge on any atom is -0.481 e. The highest BCUT2D eigenvalue weighted by Gasteiger charge is 2.37. The summed E-state index contributed by atoms with van der Waals surface area (Å²) in [6.07, 6.45) is 6.30. The monoisotopic (exact) mass is 316 g/mol. The average molecular weight is 316 g/mol. The highest BCUT2D eigenvalue weighted by atomic mass is 16.4. The van der Waals surface area contributed by atoms with E-state index in [1.165, 1.54) is 17.5 Å². The van der Waals surface area contributed by atoms with Crippen LogP contribution < -0.4 is 0 Å². The van der Waals surface area contributed by atoms with Gasteiger partial charge in [-0.3, -0.25) is 4.79 Å². The molecule has 0 heterocycles. The molecule has 1 aliphatic carbocycles. The molecule has 1 unspecified atom stereocenters. The highest BCUT2D eigenvalue weighted by molar-refractivity contribution is 5.76. The molecule has 0 saturated heterocycles. The third kappa shape index (κ3) is 3.79. The topological polar surface area (TPSA) is 37.3 Å². The van der Waals surface area contributed by atoms with Crippen LogP contribution in [0.3, 0.4) is 0 Å². The van der Waals surface area contributed by atoms with Crippen molar-refractivity contribution in [3.63, 3.8) is 0 Å². The molecular weight excluding hydrogens is 284 g/mol. The predicted octanol–water partition coefficient (Wildman–Crippen LogP) is 5.78. The predicted molar refractivity (Wildman–Crippen MR) is 96.2 cm³/mol. The molecule has 2 rings (SSSR count). The zero-order valence-electron chi connectivity index (χ0n) is 15.4. The van der Waals surface area contributed by atoms with Crippen molar-refractivity contribution < 1.29 is 9.90 Å². The second-order valence-corrected chi connectivity index (χ2v) is 8.46. The molecule has 0 saturated carbocycles. The number of aliphatic carboxylic acids is 1. The summed E-state index contributed by atoms with van der Waals surface area (Å²) in [7, 11) is 0. The number of carbonyl (C=O) groups is 1. The Kier molecular flexibility index (Phi) is 5.23. The van der Waals surface area contributed by atoms with E-state index >= 15 is 0 Å². The summed E-state index contributed by atoms with van der Waals surface area (Å²) in [6.45, 7) is 11.3. The van der Waals surface area contributed by atoms with E-state index in [4.69, 9.17) is 0 Å². The van der Waals surface area contributed by atoms with Gasteiger partial charge in [0.2, 0.25) is 0 Å². The van der Waals surface area contributed by atoms with E-state index in [-0.39, 0.29) is 16.7 Å². The van der Waals surface area contributed by atoms with E-state index in [0.717, 1.165) is 37.7 Å². The number of carboxylic acids is 1. The van der Waals surface area contributed by atoms with Crippen LogP contribution >= 0.6 is 0 Å². The number of unbranched alkanes of at least 4 members (excludes halogenated alkanes) is 2. The van der Waals surface area contributed by atoms with E-state index in [1.54, 1.807) is 0 Å². The zero-order chi connectivity index (χ0) is 17.3. The van der Waals surface area contributed by atoms with Gasteiger partial charge >= 0.3 is 5.97 Å². The van der Waals surface area contributed by atoms with E-state index in [1.807, 2.05) is 0 Å². The first-order valence-electron chi connectivity index (χ1n) is 9.07. The lowest BCUT2D eigenvalue weighted by Crippen LogP contribution is -2.34. The van der Waals surface area contributed by atoms with Gasteiger partial charge in [-0.25, -0.2) is 0 Å². The Balaban J connectivity index is 2.39. The van der Waals surface area contributed by atoms with E-state index in [2.05, 4.69) is 52.8 Å². The maximum absolute atomic E-state index is 11.8. The average Bonchev–Trinajstić information content (AvgIpc) is 2.48. The van der Waals surface area contributed by atoms with Crippen LogP contribution in [0.4, 0.5) is 0 Å². The first-order chi connectivity index (χ1) is 10.7. The molecule has 0 radical (unpaired) electrons. The molecule has 1 atom stereocenters. The molecule has 0 aliphatic heterocycles. The molecule has 1 N–H and O–H groups in total. The Bertz CT molecular complexity index is 569. The Hall–Kier alpha value is -1.31. The van der Waals surface area contributed by atoms with Crippen molar-refractivity contribution in [2.45, 2.75) is 89.9 Å². The molecule has 128 valence electrons. The van der Waals surface area contributed by atoms with Crippen LogP contribution in [0, 0.1) is 0 Å². The summed E-state index contributed by atoms with van der Waals surface area (Å²) < 4.78 is 0. The normalized spacial score (nSPS) is 19.9. The van der Waals surface area contributed by atoms with Crippen molar-refractivity contribution in [2.75, 3.05) is 0 Å². The molecule has 1 aromatic carbocycles. The summed E-state index contributed by atoms with van der Waals surface area (Å²) in [5.41, 5.74) is 4.05. The summed E-state index contributed by atoms with van der Waals surface area (Å²) in [5, 5.41) is 9.66. The van der Waals surface area contributed by atoms with Crippen LogP contribution in [-0.2, 0) is 15.6 Å². The number of fused-ring (bicyclic) bond motifs is 1. The molecule has 0 fully saturated rings. The van der Waals surface area contributed by atoms with Gasteiger partial charge in [0, 0.05) is 0 Å². The second-order valence-electron chi connectivity index (χ2n) is 8.46. The fourth-order valence-electron chi connectivity index (χ4n) is 3.85. The van der Waals surface area contributed by atoms with Crippen molar-refractivity contribution in [2.24, 2.45) is 0 Å². The van der Waals surface area contributed by atoms with E-state index in [9.17, 15) is 9.90 Å². The van der Waals surface area contributed by atoms with Crippen LogP contribution in [0.25, 0.3) is 0 Å². The summed E-state index contributed by atoms with van der Waals surface area (Å²) in [5.74, 6) is -1.05. The third-order valence-electron chi connectivity index (χ3n) is 5.67. The van der Waals surface area contributed by atoms with Gasteiger partial charge < -0.3 is 5.11 Å². The molecule has 23 heavy (non-hydrogen) atoms. The fraction of sp³-hybridized carbons (Fsp3) is 0.667. The second kappa shape index (κ2) is 6.67. The number of rotatable bonds is 6. The number of hydrogen-bond acceptors (Lipinski definition) is 1. The molecular formula is C21H32O2. The Morgan fingerprint density at radius 3 is 2.26 bits per heavy atom. The quantitative estimate of drug-likeness (QED) is 0.675. The molecule has 2 nitrogen and oxygen atoms in total. The van der Waals surface area contributed by atoms with Crippen LogP contribution in [0.5, 0.6) is 0 Å². The summed E-state index contributed by atoms with van der Waals surface area (Å²) in [4.78, 5) is 11.8. The lowest BCUT2D eigenvalue weighted by Gasteiger charge is -2.42. The lowest BCUT2D eigenvalue weighted by molar-refractivity contribution is -0.139. The number of carboxylic acid groups (broad SMARTS) is 1. The first-order valence-corrected chi connectivity index (χ1v) is 9.07. The minimum atomic E-state index is -0.686. The van der Waals surface area contributed by atoms with Crippen molar-refractivity contribution in [1.29, 1.82) is 0 Å². The van der Waals surface area contributed by atoms with Gasteiger partial charge in [-0.15, -0.1) is 0 Å². The van der Waals surface area contributed by atoms with Crippen LogP contribution in [0.1, 0.15) is 95.8 Å². The fourth-order valence-corrected chi connectivity index (χ4v) is 3.85.